The number of benzene rings is 1. The van der Waals surface area contributed by atoms with Crippen LogP contribution in [-0.2, 0) is 14.3 Å². The molecular formula is C13H14FNO4. The summed E-state index contributed by atoms with van der Waals surface area (Å²) in [5, 5.41) is 0. The van der Waals surface area contributed by atoms with Crippen molar-refractivity contribution in [2.24, 2.45) is 5.92 Å². The number of ether oxygens (including phenoxy) is 2. The second kappa shape index (κ2) is 5.26. The first kappa shape index (κ1) is 13.3. The topological polar surface area (TPSA) is 55.8 Å². The van der Waals surface area contributed by atoms with Gasteiger partial charge in [-0.05, 0) is 12.1 Å². The van der Waals surface area contributed by atoms with Gasteiger partial charge in [-0.3, -0.25) is 9.59 Å². The Morgan fingerprint density at radius 1 is 1.42 bits per heavy atom. The van der Waals surface area contributed by atoms with Gasteiger partial charge in [0, 0.05) is 19.0 Å². The maximum atomic E-state index is 13.3. The Balaban J connectivity index is 2.30. The number of hydrogen-bond acceptors (Lipinski definition) is 4. The lowest BCUT2D eigenvalue weighted by Crippen LogP contribution is -2.26. The van der Waals surface area contributed by atoms with E-state index in [4.69, 9.17) is 4.74 Å². The van der Waals surface area contributed by atoms with E-state index in [1.165, 1.54) is 37.3 Å². The summed E-state index contributed by atoms with van der Waals surface area (Å²) in [5.74, 6) is -1.29. The molecule has 2 rings (SSSR count). The van der Waals surface area contributed by atoms with E-state index in [0.29, 0.717) is 11.4 Å². The first-order valence-corrected chi connectivity index (χ1v) is 5.78. The molecule has 0 bridgehead atoms. The molecule has 0 N–H and O–H groups in total. The number of halogens is 1. The number of anilines is 1. The quantitative estimate of drug-likeness (QED) is 0.776. The number of esters is 1. The Labute approximate surface area is 109 Å². The molecule has 6 heteroatoms. The molecule has 0 aliphatic carbocycles. The van der Waals surface area contributed by atoms with Crippen molar-refractivity contribution in [3.8, 4) is 5.75 Å². The van der Waals surface area contributed by atoms with Crippen molar-refractivity contribution in [2.75, 3.05) is 25.7 Å². The Bertz CT molecular complexity index is 517. The molecule has 0 radical (unpaired) electrons. The van der Waals surface area contributed by atoms with Crippen molar-refractivity contribution < 1.29 is 23.5 Å². The number of rotatable bonds is 3. The van der Waals surface area contributed by atoms with Crippen LogP contribution in [0.5, 0.6) is 5.75 Å². The number of methoxy groups -OCH3 is 2. The lowest BCUT2D eigenvalue weighted by atomic mass is 10.1. The second-order valence-electron chi connectivity index (χ2n) is 4.24. The van der Waals surface area contributed by atoms with Crippen LogP contribution in [0.2, 0.25) is 0 Å². The zero-order valence-electron chi connectivity index (χ0n) is 10.7. The van der Waals surface area contributed by atoms with Gasteiger partial charge in [0.15, 0.2) is 0 Å². The van der Waals surface area contributed by atoms with Gasteiger partial charge < -0.3 is 14.4 Å². The van der Waals surface area contributed by atoms with Gasteiger partial charge in [-0.2, -0.15) is 0 Å². The summed E-state index contributed by atoms with van der Waals surface area (Å²) < 4.78 is 23.0. The van der Waals surface area contributed by atoms with E-state index in [9.17, 15) is 14.0 Å². The standard InChI is InChI=1S/C13H14FNO4/c1-18-11-4-3-9(14)6-10(11)15-7-8(5-12(15)16)13(17)19-2/h3-4,6,8H,5,7H2,1-2H3. The Morgan fingerprint density at radius 2 is 2.16 bits per heavy atom. The zero-order chi connectivity index (χ0) is 14.0. The van der Waals surface area contributed by atoms with Gasteiger partial charge in [0.2, 0.25) is 5.91 Å². The highest BCUT2D eigenvalue weighted by Crippen LogP contribution is 2.33. The summed E-state index contributed by atoms with van der Waals surface area (Å²) in [4.78, 5) is 24.7. The van der Waals surface area contributed by atoms with E-state index in [1.807, 2.05) is 0 Å². The van der Waals surface area contributed by atoms with Crippen LogP contribution in [0.3, 0.4) is 0 Å². The molecule has 0 spiro atoms. The molecule has 1 aliphatic heterocycles. The summed E-state index contributed by atoms with van der Waals surface area (Å²) in [6, 6.07) is 3.92. The smallest absolute Gasteiger partial charge is 0.311 e. The second-order valence-corrected chi connectivity index (χ2v) is 4.24. The lowest BCUT2D eigenvalue weighted by Gasteiger charge is -2.19. The van der Waals surface area contributed by atoms with Crippen molar-refractivity contribution in [1.82, 2.24) is 0 Å². The fourth-order valence-electron chi connectivity index (χ4n) is 2.14. The van der Waals surface area contributed by atoms with Crippen LogP contribution in [0.1, 0.15) is 6.42 Å². The summed E-state index contributed by atoms with van der Waals surface area (Å²) in [6.45, 7) is 0.172. The average Bonchev–Trinajstić information content (AvgIpc) is 2.79. The van der Waals surface area contributed by atoms with Crippen LogP contribution >= 0.6 is 0 Å². The third kappa shape index (κ3) is 2.52. The maximum absolute atomic E-state index is 13.3. The molecule has 1 fully saturated rings. The molecule has 1 aromatic carbocycles. The SMILES string of the molecule is COC(=O)C1CC(=O)N(c2cc(F)ccc2OC)C1. The first-order chi connectivity index (χ1) is 9.06. The van der Waals surface area contributed by atoms with Crippen LogP contribution in [-0.4, -0.2) is 32.6 Å². The third-order valence-electron chi connectivity index (χ3n) is 3.09. The predicted octanol–water partition coefficient (Wildman–Crippen LogP) is 1.36. The normalized spacial score (nSPS) is 18.6. The van der Waals surface area contributed by atoms with Crippen molar-refractivity contribution in [2.45, 2.75) is 6.42 Å². The number of carbonyl (C=O) groups excluding carboxylic acids is 2. The molecule has 0 saturated carbocycles. The zero-order valence-corrected chi connectivity index (χ0v) is 10.7. The van der Waals surface area contributed by atoms with Gasteiger partial charge in [-0.15, -0.1) is 0 Å². The highest BCUT2D eigenvalue weighted by molar-refractivity contribution is 6.00. The largest absolute Gasteiger partial charge is 0.495 e. The van der Waals surface area contributed by atoms with Gasteiger partial charge in [0.05, 0.1) is 25.8 Å². The number of amides is 1. The van der Waals surface area contributed by atoms with Crippen molar-refractivity contribution in [3.05, 3.63) is 24.0 Å². The molecule has 1 unspecified atom stereocenters. The van der Waals surface area contributed by atoms with Crippen LogP contribution in [0.4, 0.5) is 10.1 Å². The average molecular weight is 267 g/mol. The summed E-state index contributed by atoms with van der Waals surface area (Å²) >= 11 is 0. The highest BCUT2D eigenvalue weighted by atomic mass is 19.1. The summed E-state index contributed by atoms with van der Waals surface area (Å²) in [7, 11) is 2.72. The molecule has 19 heavy (non-hydrogen) atoms. The third-order valence-corrected chi connectivity index (χ3v) is 3.09. The molecule has 1 aliphatic rings. The van der Waals surface area contributed by atoms with Crippen LogP contribution in [0.15, 0.2) is 18.2 Å². The maximum Gasteiger partial charge on any atom is 0.311 e. The Hall–Kier alpha value is -2.11. The van der Waals surface area contributed by atoms with E-state index in [1.54, 1.807) is 0 Å². The minimum Gasteiger partial charge on any atom is -0.495 e. The number of hydrogen-bond donors (Lipinski definition) is 0. The highest BCUT2D eigenvalue weighted by Gasteiger charge is 2.37. The van der Waals surface area contributed by atoms with Gasteiger partial charge in [0.1, 0.15) is 11.6 Å². The summed E-state index contributed by atoms with van der Waals surface area (Å²) in [6.07, 6.45) is 0.0618. The van der Waals surface area contributed by atoms with Gasteiger partial charge in [-0.25, -0.2) is 4.39 Å². The van der Waals surface area contributed by atoms with Crippen molar-refractivity contribution in [3.63, 3.8) is 0 Å². The monoisotopic (exact) mass is 267 g/mol. The van der Waals surface area contributed by atoms with Crippen molar-refractivity contribution in [1.29, 1.82) is 0 Å². The fourth-order valence-corrected chi connectivity index (χ4v) is 2.14. The van der Waals surface area contributed by atoms with Gasteiger partial charge in [-0.1, -0.05) is 0 Å². The first-order valence-electron chi connectivity index (χ1n) is 5.78. The number of carbonyl (C=O) groups is 2. The van der Waals surface area contributed by atoms with E-state index >= 15 is 0 Å². The molecule has 1 amide bonds. The Kier molecular flexibility index (Phi) is 3.69. The minimum atomic E-state index is -0.523. The molecule has 1 aromatic rings. The molecule has 5 nitrogen and oxygen atoms in total. The molecule has 1 saturated heterocycles. The predicted molar refractivity (Wildman–Crippen MR) is 65.4 cm³/mol. The molecule has 1 atom stereocenters. The Morgan fingerprint density at radius 3 is 2.79 bits per heavy atom. The lowest BCUT2D eigenvalue weighted by molar-refractivity contribution is -0.145. The molecule has 1 heterocycles. The number of nitrogens with zero attached hydrogens (tertiary/aromatic N) is 1. The fraction of sp³-hybridized carbons (Fsp3) is 0.385. The minimum absolute atomic E-state index is 0.0618. The van der Waals surface area contributed by atoms with Crippen LogP contribution in [0, 0.1) is 11.7 Å². The molecular weight excluding hydrogens is 253 g/mol. The van der Waals surface area contributed by atoms with Crippen molar-refractivity contribution >= 4 is 17.6 Å². The van der Waals surface area contributed by atoms with Gasteiger partial charge >= 0.3 is 5.97 Å². The van der Waals surface area contributed by atoms with E-state index in [0.717, 1.165) is 0 Å². The van der Waals surface area contributed by atoms with E-state index in [-0.39, 0.29) is 18.9 Å². The van der Waals surface area contributed by atoms with E-state index in [2.05, 4.69) is 4.74 Å². The molecule has 0 aromatic heterocycles. The van der Waals surface area contributed by atoms with Crippen LogP contribution < -0.4 is 9.64 Å². The summed E-state index contributed by atoms with van der Waals surface area (Å²) in [5.41, 5.74) is 0.332. The van der Waals surface area contributed by atoms with E-state index < -0.39 is 17.7 Å². The van der Waals surface area contributed by atoms with Gasteiger partial charge in [0.25, 0.3) is 0 Å². The molecule has 102 valence electrons. The van der Waals surface area contributed by atoms with Crippen LogP contribution in [0.25, 0.3) is 0 Å².